The van der Waals surface area contributed by atoms with Crippen molar-refractivity contribution >= 4 is 17.4 Å². The molecule has 22 heavy (non-hydrogen) atoms. The summed E-state index contributed by atoms with van der Waals surface area (Å²) < 4.78 is 5.15. The Bertz CT molecular complexity index is 568. The fourth-order valence-corrected chi connectivity index (χ4v) is 2.88. The average molecular weight is 321 g/mol. The standard InChI is InChI=1S/C15H18N2OS.C2H6.CH4/c1-10-8-14(15(16)11(2)17-10)19-9-12-4-6-13(18-3)7-5-12;1-2;/h4-8H,9,16H2,1-3H3;1-2H3;1H4. The van der Waals surface area contributed by atoms with Crippen LogP contribution in [0.2, 0.25) is 0 Å². The minimum atomic E-state index is 0. The van der Waals surface area contributed by atoms with Crippen molar-refractivity contribution in [2.45, 2.75) is 45.8 Å². The molecule has 0 aliphatic rings. The van der Waals surface area contributed by atoms with Crippen LogP contribution in [0.5, 0.6) is 5.75 Å². The van der Waals surface area contributed by atoms with Gasteiger partial charge in [0.15, 0.2) is 0 Å². The Morgan fingerprint density at radius 3 is 2.27 bits per heavy atom. The van der Waals surface area contributed by atoms with Crippen molar-refractivity contribution in [2.24, 2.45) is 0 Å². The molecule has 0 atom stereocenters. The highest BCUT2D eigenvalue weighted by Crippen LogP contribution is 2.30. The smallest absolute Gasteiger partial charge is 0.118 e. The third kappa shape index (κ3) is 5.60. The van der Waals surface area contributed by atoms with Crippen LogP contribution in [0.3, 0.4) is 0 Å². The van der Waals surface area contributed by atoms with Crippen molar-refractivity contribution in [3.8, 4) is 5.75 Å². The molecule has 3 nitrogen and oxygen atoms in total. The van der Waals surface area contributed by atoms with E-state index in [-0.39, 0.29) is 7.43 Å². The van der Waals surface area contributed by atoms with Gasteiger partial charge in [-0.15, -0.1) is 11.8 Å². The van der Waals surface area contributed by atoms with Gasteiger partial charge in [0.05, 0.1) is 18.5 Å². The van der Waals surface area contributed by atoms with Gasteiger partial charge in [-0.05, 0) is 37.6 Å². The molecule has 0 aliphatic carbocycles. The molecule has 1 aromatic carbocycles. The van der Waals surface area contributed by atoms with Gasteiger partial charge in [-0.3, -0.25) is 4.98 Å². The summed E-state index contributed by atoms with van der Waals surface area (Å²) in [6.07, 6.45) is 0. The highest BCUT2D eigenvalue weighted by molar-refractivity contribution is 7.98. The number of methoxy groups -OCH3 is 1. The Hall–Kier alpha value is -1.68. The predicted octanol–water partition coefficient (Wildman–Crippen LogP) is 5.24. The lowest BCUT2D eigenvalue weighted by Gasteiger charge is -2.09. The van der Waals surface area contributed by atoms with Crippen molar-refractivity contribution in [2.75, 3.05) is 12.8 Å². The molecule has 122 valence electrons. The Morgan fingerprint density at radius 2 is 1.73 bits per heavy atom. The van der Waals surface area contributed by atoms with Crippen LogP contribution >= 0.6 is 11.8 Å². The fourth-order valence-electron chi connectivity index (χ4n) is 1.81. The van der Waals surface area contributed by atoms with Gasteiger partial charge in [0.1, 0.15) is 5.75 Å². The second-order valence-corrected chi connectivity index (χ2v) is 5.41. The lowest BCUT2D eigenvalue weighted by atomic mass is 10.2. The molecule has 2 N–H and O–H groups in total. The number of hydrogen-bond acceptors (Lipinski definition) is 4. The minimum absolute atomic E-state index is 0. The monoisotopic (exact) mass is 320 g/mol. The molecule has 0 aliphatic heterocycles. The first-order valence-electron chi connectivity index (χ1n) is 7.09. The quantitative estimate of drug-likeness (QED) is 0.782. The van der Waals surface area contributed by atoms with Crippen LogP contribution in [-0.4, -0.2) is 12.1 Å². The molecule has 0 amide bonds. The predicted molar refractivity (Wildman–Crippen MR) is 98.8 cm³/mol. The van der Waals surface area contributed by atoms with E-state index in [1.807, 2.05) is 45.9 Å². The van der Waals surface area contributed by atoms with Gasteiger partial charge in [-0.25, -0.2) is 0 Å². The molecule has 2 rings (SSSR count). The number of thioether (sulfide) groups is 1. The molecule has 1 aromatic heterocycles. The normalized spacial score (nSPS) is 9.32. The van der Waals surface area contributed by atoms with E-state index in [0.717, 1.165) is 33.5 Å². The van der Waals surface area contributed by atoms with Crippen molar-refractivity contribution in [1.29, 1.82) is 0 Å². The molecule has 0 unspecified atom stereocenters. The van der Waals surface area contributed by atoms with Gasteiger partial charge < -0.3 is 10.5 Å². The third-order valence-electron chi connectivity index (χ3n) is 2.89. The summed E-state index contributed by atoms with van der Waals surface area (Å²) in [7, 11) is 1.67. The molecular formula is C18H28N2OS. The second-order valence-electron chi connectivity index (χ2n) is 4.40. The number of aromatic nitrogens is 1. The van der Waals surface area contributed by atoms with Gasteiger partial charge in [-0.2, -0.15) is 0 Å². The van der Waals surface area contributed by atoms with Crippen LogP contribution in [0.25, 0.3) is 0 Å². The van der Waals surface area contributed by atoms with E-state index in [9.17, 15) is 0 Å². The van der Waals surface area contributed by atoms with Crippen LogP contribution in [0.1, 0.15) is 38.2 Å². The Kier molecular flexibility index (Phi) is 9.34. The number of pyridine rings is 1. The topological polar surface area (TPSA) is 48.1 Å². The third-order valence-corrected chi connectivity index (χ3v) is 4.02. The largest absolute Gasteiger partial charge is 0.497 e. The van der Waals surface area contributed by atoms with Crippen molar-refractivity contribution in [3.63, 3.8) is 0 Å². The minimum Gasteiger partial charge on any atom is -0.497 e. The molecule has 0 saturated carbocycles. The van der Waals surface area contributed by atoms with Gasteiger partial charge in [0, 0.05) is 16.3 Å². The van der Waals surface area contributed by atoms with E-state index in [4.69, 9.17) is 10.5 Å². The number of anilines is 1. The second kappa shape index (κ2) is 10.1. The Labute approximate surface area is 139 Å². The van der Waals surface area contributed by atoms with E-state index in [1.165, 1.54) is 5.56 Å². The number of rotatable bonds is 4. The van der Waals surface area contributed by atoms with Crippen molar-refractivity contribution in [3.05, 3.63) is 47.3 Å². The SMILES string of the molecule is C.CC.COc1ccc(CSc2cc(C)nc(C)c2N)cc1. The number of hydrogen-bond donors (Lipinski definition) is 1. The van der Waals surface area contributed by atoms with Gasteiger partial charge in [-0.1, -0.05) is 33.4 Å². The van der Waals surface area contributed by atoms with E-state index >= 15 is 0 Å². The van der Waals surface area contributed by atoms with Crippen LogP contribution in [0.4, 0.5) is 5.69 Å². The first kappa shape index (κ1) is 20.3. The number of aryl methyl sites for hydroxylation is 2. The maximum absolute atomic E-state index is 6.06. The molecule has 0 spiro atoms. The molecule has 2 aromatic rings. The zero-order valence-corrected chi connectivity index (χ0v) is 14.3. The molecule has 1 heterocycles. The number of nitrogen functional groups attached to an aromatic ring is 1. The van der Waals surface area contributed by atoms with Crippen LogP contribution in [0.15, 0.2) is 35.2 Å². The van der Waals surface area contributed by atoms with Crippen LogP contribution < -0.4 is 10.5 Å². The van der Waals surface area contributed by atoms with Gasteiger partial charge >= 0.3 is 0 Å². The summed E-state index contributed by atoms with van der Waals surface area (Å²) in [5.41, 5.74) is 9.99. The van der Waals surface area contributed by atoms with E-state index in [1.54, 1.807) is 18.9 Å². The number of nitrogens with two attached hydrogens (primary N) is 1. The summed E-state index contributed by atoms with van der Waals surface area (Å²) in [5, 5.41) is 0. The lowest BCUT2D eigenvalue weighted by Crippen LogP contribution is -1.97. The maximum atomic E-state index is 6.06. The highest BCUT2D eigenvalue weighted by Gasteiger charge is 2.06. The summed E-state index contributed by atoms with van der Waals surface area (Å²) in [6, 6.07) is 10.1. The van der Waals surface area contributed by atoms with Crippen LogP contribution in [0, 0.1) is 13.8 Å². The molecule has 0 bridgehead atoms. The van der Waals surface area contributed by atoms with Gasteiger partial charge in [0.2, 0.25) is 0 Å². The van der Waals surface area contributed by atoms with Crippen LogP contribution in [-0.2, 0) is 5.75 Å². The molecule has 0 saturated heterocycles. The zero-order valence-electron chi connectivity index (χ0n) is 13.4. The maximum Gasteiger partial charge on any atom is 0.118 e. The summed E-state index contributed by atoms with van der Waals surface area (Å²) in [6.45, 7) is 7.93. The summed E-state index contributed by atoms with van der Waals surface area (Å²) in [4.78, 5) is 5.45. The molecule has 0 fully saturated rings. The average Bonchev–Trinajstić information content (AvgIpc) is 2.52. The van der Waals surface area contributed by atoms with Crippen molar-refractivity contribution in [1.82, 2.24) is 4.98 Å². The molecule has 0 radical (unpaired) electrons. The zero-order chi connectivity index (χ0) is 15.8. The van der Waals surface area contributed by atoms with E-state index < -0.39 is 0 Å². The van der Waals surface area contributed by atoms with E-state index in [0.29, 0.717) is 0 Å². The summed E-state index contributed by atoms with van der Waals surface area (Å²) >= 11 is 1.74. The first-order chi connectivity index (χ1) is 10.1. The highest BCUT2D eigenvalue weighted by atomic mass is 32.2. The molecular weight excluding hydrogens is 292 g/mol. The van der Waals surface area contributed by atoms with E-state index in [2.05, 4.69) is 17.1 Å². The fraction of sp³-hybridized carbons (Fsp3) is 0.389. The Balaban J connectivity index is 0.00000141. The Morgan fingerprint density at radius 1 is 1.14 bits per heavy atom. The van der Waals surface area contributed by atoms with Gasteiger partial charge in [0.25, 0.3) is 0 Å². The summed E-state index contributed by atoms with van der Waals surface area (Å²) in [5.74, 6) is 1.76. The molecule has 4 heteroatoms. The first-order valence-corrected chi connectivity index (χ1v) is 8.08. The van der Waals surface area contributed by atoms with Crippen molar-refractivity contribution < 1.29 is 4.74 Å². The number of nitrogens with zero attached hydrogens (tertiary/aromatic N) is 1. The number of ether oxygens (including phenoxy) is 1. The number of benzene rings is 1. The lowest BCUT2D eigenvalue weighted by molar-refractivity contribution is 0.414.